The molecule has 0 saturated heterocycles. The molecule has 8 heteroatoms. The van der Waals surface area contributed by atoms with Gasteiger partial charge in [0, 0.05) is 20.6 Å². The summed E-state index contributed by atoms with van der Waals surface area (Å²) in [6.45, 7) is 2.65. The molecule has 0 aliphatic rings. The number of para-hydroxylation sites is 2. The Labute approximate surface area is 139 Å². The summed E-state index contributed by atoms with van der Waals surface area (Å²) in [6.07, 6.45) is 0. The van der Waals surface area contributed by atoms with Crippen LogP contribution in [0, 0.1) is 0 Å². The van der Waals surface area contributed by atoms with Gasteiger partial charge in [0.2, 0.25) is 5.09 Å². The lowest BCUT2D eigenvalue weighted by Crippen LogP contribution is -2.24. The number of aromatic nitrogens is 2. The first-order valence-corrected chi connectivity index (χ1v) is 8.99. The van der Waals surface area contributed by atoms with Crippen LogP contribution < -0.4 is 5.69 Å². The van der Waals surface area contributed by atoms with Crippen molar-refractivity contribution in [3.8, 4) is 0 Å². The van der Waals surface area contributed by atoms with E-state index in [2.05, 4.69) is 0 Å². The molecule has 0 aliphatic heterocycles. The summed E-state index contributed by atoms with van der Waals surface area (Å²) in [5.74, 6) is 0.413. The number of imidazole rings is 1. The maximum absolute atomic E-state index is 12.6. The smallest absolute Gasteiger partial charge is 0.329 e. The van der Waals surface area contributed by atoms with Gasteiger partial charge in [-0.3, -0.25) is 9.13 Å². The lowest BCUT2D eigenvalue weighted by atomic mass is 10.3. The average Bonchev–Trinajstić information content (AvgIpc) is 3.12. The Bertz CT molecular complexity index is 1040. The summed E-state index contributed by atoms with van der Waals surface area (Å²) in [6, 6.07) is 10.5. The minimum atomic E-state index is -3.63. The molecule has 0 fully saturated rings. The van der Waals surface area contributed by atoms with Crippen LogP contribution in [0.1, 0.15) is 12.7 Å². The second kappa shape index (κ2) is 5.95. The number of sulfonamides is 1. The highest BCUT2D eigenvalue weighted by Gasteiger charge is 2.22. The van der Waals surface area contributed by atoms with E-state index in [0.29, 0.717) is 12.3 Å². The topological polar surface area (TPSA) is 77.5 Å². The van der Waals surface area contributed by atoms with Gasteiger partial charge in [-0.25, -0.2) is 17.5 Å². The zero-order valence-electron chi connectivity index (χ0n) is 13.8. The second-order valence-electron chi connectivity index (χ2n) is 5.61. The molecule has 3 aromatic rings. The molecule has 0 aliphatic carbocycles. The van der Waals surface area contributed by atoms with E-state index < -0.39 is 10.0 Å². The first-order valence-electron chi connectivity index (χ1n) is 7.55. The molecule has 0 N–H and O–H groups in total. The number of furan rings is 1. The van der Waals surface area contributed by atoms with Crippen LogP contribution in [0.3, 0.4) is 0 Å². The summed E-state index contributed by atoms with van der Waals surface area (Å²) in [4.78, 5) is 12.6. The third kappa shape index (κ3) is 2.57. The first-order chi connectivity index (χ1) is 11.4. The molecule has 1 aromatic carbocycles. The first kappa shape index (κ1) is 16.5. The molecule has 0 spiro atoms. The van der Waals surface area contributed by atoms with Crippen LogP contribution in [0.25, 0.3) is 11.0 Å². The van der Waals surface area contributed by atoms with Crippen LogP contribution in [0.5, 0.6) is 0 Å². The monoisotopic (exact) mass is 349 g/mol. The van der Waals surface area contributed by atoms with E-state index in [0.717, 1.165) is 15.3 Å². The van der Waals surface area contributed by atoms with Crippen LogP contribution in [0.15, 0.2) is 50.7 Å². The molecule has 0 bridgehead atoms. The number of hydrogen-bond acceptors (Lipinski definition) is 4. The van der Waals surface area contributed by atoms with Crippen molar-refractivity contribution in [3.63, 3.8) is 0 Å². The van der Waals surface area contributed by atoms with Gasteiger partial charge in [-0.15, -0.1) is 0 Å². The van der Waals surface area contributed by atoms with Crippen molar-refractivity contribution < 1.29 is 12.8 Å². The molecule has 2 aromatic heterocycles. The van der Waals surface area contributed by atoms with Gasteiger partial charge in [-0.05, 0) is 31.2 Å². The lowest BCUT2D eigenvalue weighted by Gasteiger charge is -2.07. The van der Waals surface area contributed by atoms with Crippen molar-refractivity contribution in [2.45, 2.75) is 25.1 Å². The van der Waals surface area contributed by atoms with Crippen molar-refractivity contribution in [1.29, 1.82) is 0 Å². The van der Waals surface area contributed by atoms with E-state index in [9.17, 15) is 13.2 Å². The van der Waals surface area contributed by atoms with E-state index in [1.54, 1.807) is 15.2 Å². The quantitative estimate of drug-likeness (QED) is 0.703. The third-order valence-electron chi connectivity index (χ3n) is 3.93. The molecule has 128 valence electrons. The highest BCUT2D eigenvalue weighted by Crippen LogP contribution is 2.19. The average molecular weight is 349 g/mol. The Balaban J connectivity index is 2.05. The molecule has 2 heterocycles. The minimum absolute atomic E-state index is 0.130. The Kier molecular flexibility index (Phi) is 4.10. The van der Waals surface area contributed by atoms with Gasteiger partial charge < -0.3 is 4.42 Å². The predicted octanol–water partition coefficient (Wildman–Crippen LogP) is 1.71. The number of nitrogens with zero attached hydrogens (tertiary/aromatic N) is 3. The van der Waals surface area contributed by atoms with Crippen LogP contribution in [0.2, 0.25) is 0 Å². The van der Waals surface area contributed by atoms with Gasteiger partial charge in [0.05, 0.1) is 17.6 Å². The molecule has 3 rings (SSSR count). The zero-order valence-corrected chi connectivity index (χ0v) is 14.6. The SMILES string of the molecule is CCn1c(=O)n(Cc2ccc(S(=O)(=O)N(C)C)o2)c2ccccc21. The molecule has 0 amide bonds. The van der Waals surface area contributed by atoms with E-state index in [-0.39, 0.29) is 17.3 Å². The number of aryl methyl sites for hydroxylation is 1. The zero-order chi connectivity index (χ0) is 17.5. The molecule has 0 saturated carbocycles. The Hall–Kier alpha value is -2.32. The van der Waals surface area contributed by atoms with Crippen molar-refractivity contribution in [2.75, 3.05) is 14.1 Å². The van der Waals surface area contributed by atoms with Crippen LogP contribution in [-0.2, 0) is 23.1 Å². The standard InChI is InChI=1S/C16H19N3O4S/c1-4-18-13-7-5-6-8-14(13)19(16(18)20)11-12-9-10-15(23-12)24(21,22)17(2)3/h5-10H,4,11H2,1-3H3. The fourth-order valence-electron chi connectivity index (χ4n) is 2.65. The Morgan fingerprint density at radius 2 is 1.67 bits per heavy atom. The number of fused-ring (bicyclic) bond motifs is 1. The van der Waals surface area contributed by atoms with Gasteiger partial charge in [0.25, 0.3) is 10.0 Å². The molecular weight excluding hydrogens is 330 g/mol. The van der Waals surface area contributed by atoms with Gasteiger partial charge in [0.1, 0.15) is 5.76 Å². The van der Waals surface area contributed by atoms with E-state index >= 15 is 0 Å². The number of hydrogen-bond donors (Lipinski definition) is 0. The normalized spacial score (nSPS) is 12.3. The van der Waals surface area contributed by atoms with Gasteiger partial charge in [-0.2, -0.15) is 0 Å². The van der Waals surface area contributed by atoms with Crippen molar-refractivity contribution in [2.24, 2.45) is 0 Å². The fourth-order valence-corrected chi connectivity index (χ4v) is 3.46. The Morgan fingerprint density at radius 1 is 1.04 bits per heavy atom. The van der Waals surface area contributed by atoms with Gasteiger partial charge in [-0.1, -0.05) is 12.1 Å². The maximum Gasteiger partial charge on any atom is 0.329 e. The molecule has 7 nitrogen and oxygen atoms in total. The largest absolute Gasteiger partial charge is 0.446 e. The number of benzene rings is 1. The molecule has 0 atom stereocenters. The van der Waals surface area contributed by atoms with Crippen molar-refractivity contribution in [1.82, 2.24) is 13.4 Å². The highest BCUT2D eigenvalue weighted by atomic mass is 32.2. The molecule has 24 heavy (non-hydrogen) atoms. The van der Waals surface area contributed by atoms with E-state index in [1.807, 2.05) is 31.2 Å². The maximum atomic E-state index is 12.6. The van der Waals surface area contributed by atoms with Crippen molar-refractivity contribution in [3.05, 3.63) is 52.6 Å². The summed E-state index contributed by atoms with van der Waals surface area (Å²) in [5, 5.41) is -0.130. The van der Waals surface area contributed by atoms with Crippen LogP contribution >= 0.6 is 0 Å². The van der Waals surface area contributed by atoms with E-state index in [1.165, 1.54) is 20.2 Å². The second-order valence-corrected chi connectivity index (χ2v) is 7.69. The van der Waals surface area contributed by atoms with E-state index in [4.69, 9.17) is 4.42 Å². The van der Waals surface area contributed by atoms with Crippen LogP contribution in [0.4, 0.5) is 0 Å². The summed E-state index contributed by atoms with van der Waals surface area (Å²) >= 11 is 0. The summed E-state index contributed by atoms with van der Waals surface area (Å²) in [7, 11) is -0.744. The van der Waals surface area contributed by atoms with Crippen LogP contribution in [-0.4, -0.2) is 36.0 Å². The molecule has 0 radical (unpaired) electrons. The summed E-state index contributed by atoms with van der Waals surface area (Å²) < 4.78 is 34.0. The van der Waals surface area contributed by atoms with Gasteiger partial charge in [0.15, 0.2) is 0 Å². The van der Waals surface area contributed by atoms with Crippen molar-refractivity contribution >= 4 is 21.1 Å². The van der Waals surface area contributed by atoms with Gasteiger partial charge >= 0.3 is 5.69 Å². The Morgan fingerprint density at radius 3 is 2.25 bits per heavy atom. The highest BCUT2D eigenvalue weighted by molar-refractivity contribution is 7.88. The molecule has 0 unspecified atom stereocenters. The lowest BCUT2D eigenvalue weighted by molar-refractivity contribution is 0.392. The number of rotatable bonds is 5. The summed E-state index contributed by atoms with van der Waals surface area (Å²) in [5.41, 5.74) is 1.49. The molecular formula is C16H19N3O4S. The predicted molar refractivity (Wildman–Crippen MR) is 90.6 cm³/mol. The fraction of sp³-hybridized carbons (Fsp3) is 0.312. The minimum Gasteiger partial charge on any atom is -0.446 e. The third-order valence-corrected chi connectivity index (χ3v) is 5.62.